The molecule has 0 saturated carbocycles. The van der Waals surface area contributed by atoms with Crippen molar-refractivity contribution >= 4 is 17.7 Å². The molecule has 2 amide bonds. The SMILES string of the molecule is CC1(C)C2=CN=C(N(N)C3CCOCC3)NC2CN1C(=O)NNCc1ccc(N)cc1. The van der Waals surface area contributed by atoms with Crippen LogP contribution < -0.4 is 27.7 Å². The van der Waals surface area contributed by atoms with Gasteiger partial charge in [-0.05, 0) is 50.0 Å². The Labute approximate surface area is 182 Å². The molecular weight excluding hydrogens is 396 g/mol. The van der Waals surface area contributed by atoms with Crippen molar-refractivity contribution in [1.29, 1.82) is 0 Å². The summed E-state index contributed by atoms with van der Waals surface area (Å²) >= 11 is 0. The van der Waals surface area contributed by atoms with E-state index in [4.69, 9.17) is 16.3 Å². The van der Waals surface area contributed by atoms with Crippen molar-refractivity contribution in [3.8, 4) is 0 Å². The predicted molar refractivity (Wildman–Crippen MR) is 119 cm³/mol. The summed E-state index contributed by atoms with van der Waals surface area (Å²) in [5.41, 5.74) is 13.8. The Hall–Kier alpha value is -2.82. The molecular formula is C21H32N8O2. The molecule has 31 heavy (non-hydrogen) atoms. The fourth-order valence-corrected chi connectivity index (χ4v) is 4.33. The molecule has 0 aliphatic carbocycles. The molecule has 2 fully saturated rings. The summed E-state index contributed by atoms with van der Waals surface area (Å²) in [7, 11) is 0. The highest BCUT2D eigenvalue weighted by atomic mass is 16.5. The van der Waals surface area contributed by atoms with E-state index >= 15 is 0 Å². The van der Waals surface area contributed by atoms with Crippen LogP contribution in [-0.2, 0) is 11.3 Å². The van der Waals surface area contributed by atoms with E-state index in [0.717, 1.165) is 24.0 Å². The van der Waals surface area contributed by atoms with Crippen molar-refractivity contribution in [3.05, 3.63) is 41.6 Å². The molecule has 10 heteroatoms. The molecule has 0 bridgehead atoms. The van der Waals surface area contributed by atoms with E-state index < -0.39 is 5.54 Å². The van der Waals surface area contributed by atoms with Crippen LogP contribution in [0.2, 0.25) is 0 Å². The minimum atomic E-state index is -0.474. The number of carbonyl (C=O) groups is 1. The number of benzene rings is 1. The predicted octanol–water partition coefficient (Wildman–Crippen LogP) is 0.644. The lowest BCUT2D eigenvalue weighted by molar-refractivity contribution is 0.0540. The van der Waals surface area contributed by atoms with Gasteiger partial charge >= 0.3 is 6.03 Å². The Balaban J connectivity index is 1.35. The quantitative estimate of drug-likeness (QED) is 0.270. The number of hydrogen-bond donors (Lipinski definition) is 5. The molecule has 3 heterocycles. The number of anilines is 1. The van der Waals surface area contributed by atoms with Crippen LogP contribution in [0.25, 0.3) is 0 Å². The van der Waals surface area contributed by atoms with Gasteiger partial charge in [-0.2, -0.15) is 0 Å². The van der Waals surface area contributed by atoms with Gasteiger partial charge < -0.3 is 20.7 Å². The number of aliphatic imine (C=N–C) groups is 1. The second kappa shape index (κ2) is 8.74. The van der Waals surface area contributed by atoms with Gasteiger partial charge in [0.15, 0.2) is 0 Å². The molecule has 0 spiro atoms. The normalized spacial score (nSPS) is 22.8. The van der Waals surface area contributed by atoms with Crippen LogP contribution in [0.3, 0.4) is 0 Å². The first-order valence-electron chi connectivity index (χ1n) is 10.7. The summed E-state index contributed by atoms with van der Waals surface area (Å²) in [6.45, 7) is 6.50. The number of carbonyl (C=O) groups excluding carboxylic acids is 1. The standard InChI is InChI=1S/C21H32N8O2/c1-21(2)17-12-24-19(29(23)16-7-9-31-10-8-16)26-18(17)13-28(21)20(30)27-25-11-14-3-5-15(22)6-4-14/h3-6,12,16,18,25H,7-11,13,22-23H2,1-2H3,(H,24,26)(H,27,30). The van der Waals surface area contributed by atoms with Crippen molar-refractivity contribution in [1.82, 2.24) is 26.1 Å². The molecule has 1 aromatic carbocycles. The summed E-state index contributed by atoms with van der Waals surface area (Å²) in [4.78, 5) is 19.3. The van der Waals surface area contributed by atoms with Crippen LogP contribution in [0.15, 0.2) is 41.0 Å². The average molecular weight is 429 g/mol. The minimum Gasteiger partial charge on any atom is -0.399 e. The third-order valence-corrected chi connectivity index (χ3v) is 6.29. The zero-order valence-corrected chi connectivity index (χ0v) is 18.1. The van der Waals surface area contributed by atoms with Crippen LogP contribution in [0.1, 0.15) is 32.3 Å². The summed E-state index contributed by atoms with van der Waals surface area (Å²) < 4.78 is 5.42. The molecule has 4 rings (SSSR count). The lowest BCUT2D eigenvalue weighted by atomic mass is 9.93. The number of fused-ring (bicyclic) bond motifs is 1. The lowest BCUT2D eigenvalue weighted by Gasteiger charge is -2.35. The van der Waals surface area contributed by atoms with Crippen LogP contribution in [0, 0.1) is 0 Å². The number of hydrazine groups is 2. The summed E-state index contributed by atoms with van der Waals surface area (Å²) in [6.07, 6.45) is 3.60. The van der Waals surface area contributed by atoms with Gasteiger partial charge in [0, 0.05) is 38.2 Å². The molecule has 1 unspecified atom stereocenters. The number of guanidine groups is 1. The van der Waals surface area contributed by atoms with Gasteiger partial charge in [-0.15, -0.1) is 0 Å². The maximum absolute atomic E-state index is 12.9. The molecule has 168 valence electrons. The number of urea groups is 1. The third-order valence-electron chi connectivity index (χ3n) is 6.29. The van der Waals surface area contributed by atoms with Crippen molar-refractivity contribution in [2.75, 3.05) is 25.5 Å². The largest absolute Gasteiger partial charge is 0.399 e. The van der Waals surface area contributed by atoms with Crippen LogP contribution >= 0.6 is 0 Å². The first kappa shape index (κ1) is 21.4. The maximum Gasteiger partial charge on any atom is 0.332 e. The van der Waals surface area contributed by atoms with Crippen LogP contribution in [-0.4, -0.2) is 59.3 Å². The third kappa shape index (κ3) is 4.46. The van der Waals surface area contributed by atoms with Gasteiger partial charge in [0.1, 0.15) is 0 Å². The number of hydrogen-bond acceptors (Lipinski definition) is 8. The number of nitrogens with two attached hydrogens (primary N) is 2. The zero-order chi connectivity index (χ0) is 22.0. The number of nitrogen functional groups attached to an aromatic ring is 1. The minimum absolute atomic E-state index is 0.0313. The van der Waals surface area contributed by atoms with Crippen molar-refractivity contribution < 1.29 is 9.53 Å². The molecule has 3 aliphatic heterocycles. The molecule has 1 atom stereocenters. The summed E-state index contributed by atoms with van der Waals surface area (Å²) in [5.74, 6) is 6.98. The average Bonchev–Trinajstić information content (AvgIpc) is 3.05. The van der Waals surface area contributed by atoms with Crippen molar-refractivity contribution in [2.45, 2.75) is 50.9 Å². The van der Waals surface area contributed by atoms with E-state index in [0.29, 0.717) is 38.0 Å². The fraction of sp³-hybridized carbons (Fsp3) is 0.524. The van der Waals surface area contributed by atoms with Crippen molar-refractivity contribution in [3.63, 3.8) is 0 Å². The second-order valence-electron chi connectivity index (χ2n) is 8.68. The Morgan fingerprint density at radius 1 is 1.32 bits per heavy atom. The first-order chi connectivity index (χ1) is 14.9. The van der Waals surface area contributed by atoms with Gasteiger partial charge in [0.05, 0.1) is 17.6 Å². The lowest BCUT2D eigenvalue weighted by Crippen LogP contribution is -2.56. The zero-order valence-electron chi connectivity index (χ0n) is 18.1. The van der Waals surface area contributed by atoms with Crippen LogP contribution in [0.5, 0.6) is 0 Å². The Kier molecular flexibility index (Phi) is 6.03. The fourth-order valence-electron chi connectivity index (χ4n) is 4.33. The van der Waals surface area contributed by atoms with Crippen LogP contribution in [0.4, 0.5) is 10.5 Å². The second-order valence-corrected chi connectivity index (χ2v) is 8.68. The monoisotopic (exact) mass is 428 g/mol. The molecule has 1 aromatic rings. The number of nitrogens with zero attached hydrogens (tertiary/aromatic N) is 3. The number of rotatable bonds is 4. The number of nitrogens with one attached hydrogen (secondary N) is 3. The Bertz CT molecular complexity index is 861. The Morgan fingerprint density at radius 3 is 2.74 bits per heavy atom. The van der Waals surface area contributed by atoms with Gasteiger partial charge in [-0.3, -0.25) is 10.4 Å². The van der Waals surface area contributed by atoms with Gasteiger partial charge in [0.25, 0.3) is 0 Å². The van der Waals surface area contributed by atoms with E-state index in [9.17, 15) is 4.79 Å². The molecule has 3 aliphatic rings. The van der Waals surface area contributed by atoms with E-state index in [1.165, 1.54) is 0 Å². The molecule has 10 nitrogen and oxygen atoms in total. The smallest absolute Gasteiger partial charge is 0.332 e. The number of likely N-dealkylation sites (tertiary alicyclic amines) is 1. The van der Waals surface area contributed by atoms with Gasteiger partial charge in [-0.1, -0.05) is 12.1 Å². The molecule has 0 radical (unpaired) electrons. The van der Waals surface area contributed by atoms with Gasteiger partial charge in [-0.25, -0.2) is 21.1 Å². The van der Waals surface area contributed by atoms with E-state index in [1.807, 2.05) is 44.3 Å². The summed E-state index contributed by atoms with van der Waals surface area (Å²) in [6, 6.07) is 7.50. The number of amides is 2. The van der Waals surface area contributed by atoms with E-state index in [-0.39, 0.29) is 18.1 Å². The van der Waals surface area contributed by atoms with E-state index in [2.05, 4.69) is 21.2 Å². The highest BCUT2D eigenvalue weighted by molar-refractivity contribution is 5.83. The highest BCUT2D eigenvalue weighted by Gasteiger charge is 2.47. The molecule has 0 aromatic heterocycles. The van der Waals surface area contributed by atoms with Crippen molar-refractivity contribution in [2.24, 2.45) is 10.8 Å². The molecule has 2 saturated heterocycles. The topological polar surface area (TPSA) is 133 Å². The highest BCUT2D eigenvalue weighted by Crippen LogP contribution is 2.35. The van der Waals surface area contributed by atoms with Gasteiger partial charge in [0.2, 0.25) is 5.96 Å². The molecule has 7 N–H and O–H groups in total. The first-order valence-corrected chi connectivity index (χ1v) is 10.7. The Morgan fingerprint density at radius 2 is 2.03 bits per heavy atom. The number of ether oxygens (including phenoxy) is 1. The summed E-state index contributed by atoms with van der Waals surface area (Å²) in [5, 5.41) is 5.14. The maximum atomic E-state index is 12.9. The van der Waals surface area contributed by atoms with E-state index in [1.54, 1.807) is 9.91 Å².